The second-order valence-corrected chi connectivity index (χ2v) is 16.4. The maximum absolute atomic E-state index is 10.2. The average molecular weight is 696 g/mol. The molecule has 1 aromatic carbocycles. The third-order valence-electron chi connectivity index (χ3n) is 13.7. The van der Waals surface area contributed by atoms with E-state index >= 15 is 0 Å². The second-order valence-electron chi connectivity index (χ2n) is 16.4. The third-order valence-corrected chi connectivity index (χ3v) is 13.7. The summed E-state index contributed by atoms with van der Waals surface area (Å²) in [6, 6.07) is 9.39. The Labute approximate surface area is 314 Å². The predicted molar refractivity (Wildman–Crippen MR) is 214 cm³/mol. The van der Waals surface area contributed by atoms with Crippen molar-refractivity contribution in [2.24, 2.45) is 22.7 Å². The first kappa shape index (κ1) is 32.9. The van der Waals surface area contributed by atoms with E-state index in [1.807, 2.05) is 6.07 Å². The highest BCUT2D eigenvalue weighted by molar-refractivity contribution is 6.03. The zero-order valence-corrected chi connectivity index (χ0v) is 30.9. The fraction of sp³-hybridized carbons (Fsp3) is 0.388. The molecule has 9 aliphatic rings. The minimum absolute atomic E-state index is 0.0786. The number of allylic oxidation sites excluding steroid dienone is 19. The molecule has 1 N–H and O–H groups in total. The van der Waals surface area contributed by atoms with E-state index in [1.54, 1.807) is 0 Å². The van der Waals surface area contributed by atoms with Crippen molar-refractivity contribution < 1.29 is 4.74 Å². The molecule has 1 aromatic rings. The predicted octanol–water partition coefficient (Wildman–Crippen LogP) is 10.9. The summed E-state index contributed by atoms with van der Waals surface area (Å²) in [6.07, 6.45) is 44.8. The van der Waals surface area contributed by atoms with Crippen LogP contribution in [0.1, 0.15) is 100 Å². The van der Waals surface area contributed by atoms with Crippen molar-refractivity contribution in [3.8, 4) is 6.07 Å². The van der Waals surface area contributed by atoms with Gasteiger partial charge in [-0.3, -0.25) is 10.3 Å². The number of nitriles is 1. The van der Waals surface area contributed by atoms with E-state index in [4.69, 9.17) is 9.73 Å². The molecule has 4 nitrogen and oxygen atoms in total. The van der Waals surface area contributed by atoms with Crippen LogP contribution < -0.4 is 5.32 Å². The van der Waals surface area contributed by atoms with E-state index in [0.717, 1.165) is 68.4 Å². The monoisotopic (exact) mass is 695 g/mol. The minimum atomic E-state index is -0.344. The molecule has 0 saturated carbocycles. The Morgan fingerprint density at radius 3 is 2.60 bits per heavy atom. The zero-order valence-electron chi connectivity index (χ0n) is 30.9. The van der Waals surface area contributed by atoms with Crippen LogP contribution in [0.5, 0.6) is 0 Å². The molecule has 1 spiro atoms. The van der Waals surface area contributed by atoms with E-state index in [9.17, 15) is 5.26 Å². The number of benzene rings is 1. The molecule has 7 unspecified atom stereocenters. The molecule has 0 radical (unpaired) electrons. The van der Waals surface area contributed by atoms with Crippen molar-refractivity contribution in [2.45, 2.75) is 101 Å². The highest BCUT2D eigenvalue weighted by Gasteiger charge is 2.59. The number of nitrogens with one attached hydrogen (secondary N) is 1. The largest absolute Gasteiger partial charge is 0.461 e. The van der Waals surface area contributed by atoms with Crippen LogP contribution in [0.15, 0.2) is 153 Å². The van der Waals surface area contributed by atoms with Gasteiger partial charge in [-0.05, 0) is 127 Å². The number of hydrogen-bond donors (Lipinski definition) is 1. The lowest BCUT2D eigenvalue weighted by atomic mass is 9.58. The first-order chi connectivity index (χ1) is 26.1. The van der Waals surface area contributed by atoms with Crippen molar-refractivity contribution in [3.63, 3.8) is 0 Å². The summed E-state index contributed by atoms with van der Waals surface area (Å²) in [5.74, 6) is 3.37. The van der Waals surface area contributed by atoms with Gasteiger partial charge in [0.05, 0.1) is 17.0 Å². The molecule has 266 valence electrons. The van der Waals surface area contributed by atoms with Crippen molar-refractivity contribution >= 4 is 5.71 Å². The summed E-state index contributed by atoms with van der Waals surface area (Å²) in [5.41, 5.74) is 12.8. The maximum Gasteiger partial charge on any atom is 0.127 e. The van der Waals surface area contributed by atoms with Gasteiger partial charge in [0.25, 0.3) is 0 Å². The van der Waals surface area contributed by atoms with E-state index in [0.29, 0.717) is 17.9 Å². The summed E-state index contributed by atoms with van der Waals surface area (Å²) < 4.78 is 6.72. The summed E-state index contributed by atoms with van der Waals surface area (Å²) in [4.78, 5) is 5.54. The molecule has 0 bridgehead atoms. The van der Waals surface area contributed by atoms with Gasteiger partial charge in [-0.1, -0.05) is 92.0 Å². The highest BCUT2D eigenvalue weighted by atomic mass is 16.5. The summed E-state index contributed by atoms with van der Waals surface area (Å²) in [7, 11) is 0. The van der Waals surface area contributed by atoms with Gasteiger partial charge in [-0.15, -0.1) is 0 Å². The smallest absolute Gasteiger partial charge is 0.127 e. The van der Waals surface area contributed by atoms with Crippen molar-refractivity contribution in [2.75, 3.05) is 0 Å². The lowest BCUT2D eigenvalue weighted by molar-refractivity contribution is 0.246. The average Bonchev–Trinajstić information content (AvgIpc) is 3.52. The second kappa shape index (κ2) is 13.3. The molecule has 0 fully saturated rings. The van der Waals surface area contributed by atoms with Crippen molar-refractivity contribution in [1.82, 2.24) is 5.32 Å². The first-order valence-electron chi connectivity index (χ1n) is 20.3. The van der Waals surface area contributed by atoms with Gasteiger partial charge in [0.15, 0.2) is 0 Å². The SMILES string of the molecule is CC1C(C2=CC=C(C3=CC=CC4C3c3ccc(C#N)cc3C43C4=C(CCC=C4)OC4=C3CCC=C4)CC2)=NC(C2=CCCCC2)NC1C1C=CC=CC1. The van der Waals surface area contributed by atoms with Gasteiger partial charge < -0.3 is 4.74 Å². The van der Waals surface area contributed by atoms with Gasteiger partial charge in [-0.2, -0.15) is 5.26 Å². The summed E-state index contributed by atoms with van der Waals surface area (Å²) in [6.45, 7) is 2.40. The van der Waals surface area contributed by atoms with E-state index in [2.05, 4.69) is 116 Å². The van der Waals surface area contributed by atoms with Crippen molar-refractivity contribution in [1.29, 1.82) is 5.26 Å². The number of hydrogen-bond acceptors (Lipinski definition) is 4. The number of fused-ring (bicyclic) bond motifs is 7. The fourth-order valence-corrected chi connectivity index (χ4v) is 11.3. The molecule has 53 heavy (non-hydrogen) atoms. The van der Waals surface area contributed by atoms with Gasteiger partial charge in [0, 0.05) is 41.5 Å². The molecule has 4 heteroatoms. The number of aliphatic imine (C=N–C) groups is 1. The van der Waals surface area contributed by atoms with Gasteiger partial charge in [0.2, 0.25) is 0 Å². The van der Waals surface area contributed by atoms with Crippen molar-refractivity contribution in [3.05, 3.63) is 165 Å². The van der Waals surface area contributed by atoms with E-state index < -0.39 is 0 Å². The molecular weight excluding hydrogens is 647 g/mol. The Balaban J connectivity index is 1.05. The van der Waals surface area contributed by atoms with E-state index in [-0.39, 0.29) is 23.4 Å². The van der Waals surface area contributed by atoms with E-state index in [1.165, 1.54) is 69.5 Å². The molecule has 0 amide bonds. The first-order valence-corrected chi connectivity index (χ1v) is 20.3. The maximum atomic E-state index is 10.2. The molecule has 0 aromatic heterocycles. The molecular formula is C49H49N3O. The molecule has 7 aliphatic carbocycles. The number of nitrogens with zero attached hydrogens (tertiary/aromatic N) is 2. The molecule has 7 atom stereocenters. The van der Waals surface area contributed by atoms with Crippen LogP contribution in [0.25, 0.3) is 0 Å². The summed E-state index contributed by atoms with van der Waals surface area (Å²) >= 11 is 0. The van der Waals surface area contributed by atoms with Gasteiger partial charge in [-0.25, -0.2) is 0 Å². The number of rotatable bonds is 4. The fourth-order valence-electron chi connectivity index (χ4n) is 11.3. The Bertz CT molecular complexity index is 2180. The van der Waals surface area contributed by atoms with Crippen LogP contribution in [0.2, 0.25) is 0 Å². The molecule has 2 aliphatic heterocycles. The van der Waals surface area contributed by atoms with Gasteiger partial charge >= 0.3 is 0 Å². The lowest BCUT2D eigenvalue weighted by Crippen LogP contribution is -2.53. The van der Waals surface area contributed by atoms with Crippen LogP contribution >= 0.6 is 0 Å². The lowest BCUT2D eigenvalue weighted by Gasteiger charge is -2.47. The Hall–Kier alpha value is -4.72. The van der Waals surface area contributed by atoms with Crippen LogP contribution in [-0.4, -0.2) is 17.9 Å². The molecule has 10 rings (SSSR count). The molecule has 2 heterocycles. The standard InChI is InChI=1S/C49H49N3O/c1-31-46(34-13-4-2-5-14-34)51-48(36-15-6-3-7-16-36)52-47(31)35-26-24-33(25-27-35)37-17-12-20-41-45(37)38-28-23-32(30-50)29-42(38)49(41)39-18-8-10-21-43(39)53-44-22-11-9-19-40(44)49/h2,4-5,8,11-13,15,17-18,20,22-24,26,28-29,31,34,41,45-46,48,51H,3,6-7,9-10,14,16,19,21,25,27H2,1H3. The van der Waals surface area contributed by atoms with Crippen LogP contribution in [0.4, 0.5) is 0 Å². The zero-order chi connectivity index (χ0) is 35.5. The molecule has 0 saturated heterocycles. The van der Waals surface area contributed by atoms with Crippen LogP contribution in [0.3, 0.4) is 0 Å². The Morgan fingerprint density at radius 2 is 1.77 bits per heavy atom. The third kappa shape index (κ3) is 5.22. The topological polar surface area (TPSA) is 57.4 Å². The highest BCUT2D eigenvalue weighted by Crippen LogP contribution is 2.66. The van der Waals surface area contributed by atoms with Crippen LogP contribution in [-0.2, 0) is 10.2 Å². The Kier molecular flexibility index (Phi) is 8.25. The minimum Gasteiger partial charge on any atom is -0.461 e. The normalized spacial score (nSPS) is 33.8. The Morgan fingerprint density at radius 1 is 0.887 bits per heavy atom. The van der Waals surface area contributed by atoms with Gasteiger partial charge in [0.1, 0.15) is 17.7 Å². The van der Waals surface area contributed by atoms with Crippen LogP contribution in [0, 0.1) is 29.1 Å². The summed E-state index contributed by atoms with van der Waals surface area (Å²) in [5, 5.41) is 14.2. The number of ether oxygens (including phenoxy) is 1. The quantitative estimate of drug-likeness (QED) is 0.319.